The van der Waals surface area contributed by atoms with Crippen molar-refractivity contribution in [1.29, 1.82) is 0 Å². The lowest BCUT2D eigenvalue weighted by molar-refractivity contribution is 0.507. The van der Waals surface area contributed by atoms with Crippen LogP contribution in [0.25, 0.3) is 75.6 Å². The van der Waals surface area contributed by atoms with Gasteiger partial charge in [-0.15, -0.1) is 11.3 Å². The predicted octanol–water partition coefficient (Wildman–Crippen LogP) is 15.7. The lowest BCUT2D eigenvalue weighted by Gasteiger charge is -2.28. The third kappa shape index (κ3) is 4.74. The van der Waals surface area contributed by atoms with E-state index in [-0.39, 0.29) is 5.92 Å². The quantitative estimate of drug-likeness (QED) is 0.159. The van der Waals surface area contributed by atoms with Gasteiger partial charge in [0, 0.05) is 37.0 Å². The predicted molar refractivity (Wildman–Crippen MR) is 250 cm³/mol. The van der Waals surface area contributed by atoms with Crippen molar-refractivity contribution in [3.63, 3.8) is 0 Å². The Hall–Kier alpha value is -7.26. The summed E-state index contributed by atoms with van der Waals surface area (Å²) in [6.07, 6.45) is 0. The number of hydrogen-bond donors (Lipinski definition) is 0. The molecule has 1 nitrogen and oxygen atoms in total. The highest BCUT2D eigenvalue weighted by atomic mass is 32.1. The van der Waals surface area contributed by atoms with Gasteiger partial charge < -0.3 is 4.42 Å². The minimum absolute atomic E-state index is 0.0612. The molecular weight excluding hydrogens is 745 g/mol. The van der Waals surface area contributed by atoms with Gasteiger partial charge in [-0.1, -0.05) is 182 Å². The van der Waals surface area contributed by atoms with Gasteiger partial charge in [0.1, 0.15) is 16.8 Å². The van der Waals surface area contributed by atoms with Crippen molar-refractivity contribution in [3.8, 4) is 44.5 Å². The second kappa shape index (κ2) is 12.9. The van der Waals surface area contributed by atoms with Crippen molar-refractivity contribution >= 4 is 42.5 Å². The van der Waals surface area contributed by atoms with Crippen LogP contribution in [0.2, 0.25) is 0 Å². The minimum atomic E-state index is -0.547. The molecule has 0 amide bonds. The first-order valence-electron chi connectivity index (χ1n) is 20.8. The molecule has 280 valence electrons. The summed E-state index contributed by atoms with van der Waals surface area (Å²) in [6.45, 7) is 0. The van der Waals surface area contributed by atoms with Crippen LogP contribution >= 0.6 is 11.3 Å². The molecule has 2 heterocycles. The van der Waals surface area contributed by atoms with E-state index in [1.165, 1.54) is 103 Å². The Kier molecular flexibility index (Phi) is 7.23. The fraction of sp³-hybridized carbons (Fsp3) is 0.0345. The second-order valence-electron chi connectivity index (χ2n) is 16.3. The highest BCUT2D eigenvalue weighted by Gasteiger charge is 2.55. The zero-order valence-corrected chi connectivity index (χ0v) is 33.4. The minimum Gasteiger partial charge on any atom is -0.459 e. The number of thiophene rings is 1. The van der Waals surface area contributed by atoms with Gasteiger partial charge in [0.25, 0.3) is 0 Å². The van der Waals surface area contributed by atoms with Crippen LogP contribution in [0.1, 0.15) is 45.1 Å². The van der Waals surface area contributed by atoms with E-state index in [1.54, 1.807) is 0 Å². The van der Waals surface area contributed by atoms with Crippen LogP contribution in [0, 0.1) is 0 Å². The molecule has 0 N–H and O–H groups in total. The first-order valence-corrected chi connectivity index (χ1v) is 21.6. The van der Waals surface area contributed by atoms with Gasteiger partial charge in [-0.25, -0.2) is 0 Å². The van der Waals surface area contributed by atoms with Crippen molar-refractivity contribution in [2.45, 2.75) is 11.3 Å². The largest absolute Gasteiger partial charge is 0.459 e. The van der Waals surface area contributed by atoms with Gasteiger partial charge in [0.2, 0.25) is 0 Å². The monoisotopic (exact) mass is 780 g/mol. The molecule has 0 saturated carbocycles. The number of rotatable bonds is 5. The molecule has 2 heteroatoms. The Labute approximate surface area is 352 Å². The van der Waals surface area contributed by atoms with Crippen LogP contribution in [-0.4, -0.2) is 0 Å². The van der Waals surface area contributed by atoms with Crippen LogP contribution in [0.3, 0.4) is 0 Å². The Morgan fingerprint density at radius 1 is 0.367 bits per heavy atom. The Morgan fingerprint density at radius 2 is 0.917 bits per heavy atom. The standard InChI is InChI=1S/C58H36OS/c1-2-12-36(13-3-1)37-22-26-39(27-23-37)55(42-31-33-54-48(34-42)45-16-7-11-21-53(45)60-54)40-28-24-38(25-29-40)41-30-32-46-51(35-41)58(57-56(46)47-17-6-10-20-52(47)59-57)49-18-8-4-14-43(49)44-15-5-9-19-50(44)58/h1-35,55H. The molecule has 9 aromatic carbocycles. The second-order valence-corrected chi connectivity index (χ2v) is 17.4. The Bertz CT molecular complexity index is 3430. The number of furan rings is 1. The van der Waals surface area contributed by atoms with Crippen LogP contribution in [0.15, 0.2) is 217 Å². The summed E-state index contributed by atoms with van der Waals surface area (Å²) >= 11 is 1.87. The van der Waals surface area contributed by atoms with E-state index in [1.807, 2.05) is 11.3 Å². The zero-order valence-electron chi connectivity index (χ0n) is 32.6. The molecule has 60 heavy (non-hydrogen) atoms. The highest BCUT2D eigenvalue weighted by molar-refractivity contribution is 7.25. The third-order valence-electron chi connectivity index (χ3n) is 13.2. The first-order chi connectivity index (χ1) is 29.7. The molecule has 2 aromatic heterocycles. The van der Waals surface area contributed by atoms with Gasteiger partial charge in [-0.3, -0.25) is 0 Å². The zero-order chi connectivity index (χ0) is 39.4. The number of para-hydroxylation sites is 1. The van der Waals surface area contributed by atoms with Crippen molar-refractivity contribution in [2.75, 3.05) is 0 Å². The molecule has 11 aromatic rings. The molecule has 1 unspecified atom stereocenters. The normalized spacial score (nSPS) is 13.7. The van der Waals surface area contributed by atoms with Crippen molar-refractivity contribution in [3.05, 3.63) is 251 Å². The molecule has 2 aliphatic rings. The molecule has 0 saturated heterocycles. The summed E-state index contributed by atoms with van der Waals surface area (Å²) in [6, 6.07) is 78.5. The van der Waals surface area contributed by atoms with Crippen molar-refractivity contribution in [1.82, 2.24) is 0 Å². The summed E-state index contributed by atoms with van der Waals surface area (Å²) in [7, 11) is 0. The summed E-state index contributed by atoms with van der Waals surface area (Å²) < 4.78 is 9.65. The lowest BCUT2D eigenvalue weighted by atomic mass is 9.72. The molecule has 1 spiro atoms. The molecular formula is C58H36OS. The van der Waals surface area contributed by atoms with Gasteiger partial charge >= 0.3 is 0 Å². The first kappa shape index (κ1) is 33.7. The molecule has 0 aliphatic heterocycles. The van der Waals surface area contributed by atoms with Gasteiger partial charge in [-0.05, 0) is 103 Å². The molecule has 0 fully saturated rings. The van der Waals surface area contributed by atoms with Crippen molar-refractivity contribution < 1.29 is 4.42 Å². The number of hydrogen-bond acceptors (Lipinski definition) is 2. The summed E-state index contributed by atoms with van der Waals surface area (Å²) in [4.78, 5) is 0. The van der Waals surface area contributed by atoms with E-state index in [9.17, 15) is 0 Å². The molecule has 1 atom stereocenters. The van der Waals surface area contributed by atoms with Crippen molar-refractivity contribution in [2.24, 2.45) is 0 Å². The molecule has 0 radical (unpaired) electrons. The Morgan fingerprint density at radius 3 is 1.65 bits per heavy atom. The molecule has 0 bridgehead atoms. The van der Waals surface area contributed by atoms with Crippen LogP contribution in [0.5, 0.6) is 0 Å². The van der Waals surface area contributed by atoms with Gasteiger partial charge in [0.05, 0.1) is 0 Å². The Balaban J connectivity index is 0.959. The maximum absolute atomic E-state index is 6.99. The SMILES string of the molecule is c1ccc(-c2ccc(C(c3ccc(-c4ccc5c(c4)C4(c6ccccc6-c6ccccc64)c4oc6ccccc6c4-5)cc3)c3ccc4sc5ccccc5c4c3)cc2)cc1. The van der Waals surface area contributed by atoms with E-state index < -0.39 is 5.41 Å². The van der Waals surface area contributed by atoms with Gasteiger partial charge in [0.15, 0.2) is 0 Å². The maximum Gasteiger partial charge on any atom is 0.135 e. The van der Waals surface area contributed by atoms with E-state index in [4.69, 9.17) is 4.42 Å². The fourth-order valence-corrected chi connectivity index (χ4v) is 11.7. The third-order valence-corrected chi connectivity index (χ3v) is 14.4. The fourth-order valence-electron chi connectivity index (χ4n) is 10.6. The summed E-state index contributed by atoms with van der Waals surface area (Å²) in [5.74, 6) is 1.09. The average molecular weight is 781 g/mol. The summed E-state index contributed by atoms with van der Waals surface area (Å²) in [5, 5.41) is 3.81. The van der Waals surface area contributed by atoms with E-state index >= 15 is 0 Å². The number of benzene rings is 9. The van der Waals surface area contributed by atoms with Crippen LogP contribution in [0.4, 0.5) is 0 Å². The van der Waals surface area contributed by atoms with E-state index in [2.05, 4.69) is 212 Å². The summed E-state index contributed by atoms with van der Waals surface area (Å²) in [5.41, 5.74) is 18.0. The average Bonchev–Trinajstić information content (AvgIpc) is 4.05. The van der Waals surface area contributed by atoms with Crippen LogP contribution < -0.4 is 0 Å². The maximum atomic E-state index is 6.99. The van der Waals surface area contributed by atoms with Crippen LogP contribution in [-0.2, 0) is 5.41 Å². The van der Waals surface area contributed by atoms with E-state index in [0.29, 0.717) is 0 Å². The highest BCUT2D eigenvalue weighted by Crippen LogP contribution is 2.64. The van der Waals surface area contributed by atoms with Gasteiger partial charge in [-0.2, -0.15) is 0 Å². The molecule has 2 aliphatic carbocycles. The molecule has 13 rings (SSSR count). The topological polar surface area (TPSA) is 13.1 Å². The smallest absolute Gasteiger partial charge is 0.135 e. The van der Waals surface area contributed by atoms with E-state index in [0.717, 1.165) is 11.3 Å². The lowest BCUT2D eigenvalue weighted by Crippen LogP contribution is -2.25. The number of fused-ring (bicyclic) bond motifs is 15.